The molecule has 4 atom stereocenters. The van der Waals surface area contributed by atoms with Gasteiger partial charge in [0, 0.05) is 23.5 Å². The molecule has 0 spiro atoms. The second-order valence-corrected chi connectivity index (χ2v) is 9.67. The molecular weight excluding hydrogens is 466 g/mol. The topological polar surface area (TPSA) is 187 Å². The largest absolute Gasteiger partial charge is 0.480 e. The molecule has 0 saturated carbocycles. The highest BCUT2D eigenvalue weighted by molar-refractivity contribution is 5.95. The van der Waals surface area contributed by atoms with Gasteiger partial charge in [-0.2, -0.15) is 0 Å². The van der Waals surface area contributed by atoms with Crippen molar-refractivity contribution >= 4 is 34.6 Å². The summed E-state index contributed by atoms with van der Waals surface area (Å²) < 4.78 is 0. The molecule has 11 nitrogen and oxygen atoms in total. The Hall–Kier alpha value is -3.44. The zero-order valence-corrected chi connectivity index (χ0v) is 21.1. The van der Waals surface area contributed by atoms with Crippen LogP contribution in [0.3, 0.4) is 0 Å². The molecule has 36 heavy (non-hydrogen) atoms. The molecule has 0 radical (unpaired) electrons. The van der Waals surface area contributed by atoms with Gasteiger partial charge in [0.1, 0.15) is 24.2 Å². The predicted molar refractivity (Wildman–Crippen MR) is 135 cm³/mol. The number of rotatable bonds is 13. The second kappa shape index (κ2) is 13.0. The summed E-state index contributed by atoms with van der Waals surface area (Å²) >= 11 is 0. The Kier molecular flexibility index (Phi) is 10.4. The molecule has 11 heteroatoms. The molecule has 3 amide bonds. The van der Waals surface area contributed by atoms with Gasteiger partial charge in [-0.05, 0) is 29.9 Å². The zero-order chi connectivity index (χ0) is 27.0. The van der Waals surface area contributed by atoms with Crippen LogP contribution in [0.15, 0.2) is 30.5 Å². The van der Waals surface area contributed by atoms with Crippen molar-refractivity contribution in [1.29, 1.82) is 0 Å². The number of fused-ring (bicyclic) bond motifs is 1. The number of nitrogens with two attached hydrogens (primary N) is 1. The van der Waals surface area contributed by atoms with Gasteiger partial charge in [0.15, 0.2) is 0 Å². The lowest BCUT2D eigenvalue weighted by Gasteiger charge is -2.26. The number of nitrogens with one attached hydrogen (secondary N) is 4. The van der Waals surface area contributed by atoms with Crippen LogP contribution < -0.4 is 21.7 Å². The first-order valence-electron chi connectivity index (χ1n) is 12.0. The summed E-state index contributed by atoms with van der Waals surface area (Å²) in [7, 11) is 0. The third-order valence-corrected chi connectivity index (χ3v) is 5.84. The van der Waals surface area contributed by atoms with Gasteiger partial charge in [0.25, 0.3) is 0 Å². The molecule has 8 N–H and O–H groups in total. The molecule has 1 heterocycles. The van der Waals surface area contributed by atoms with Crippen LogP contribution in [0.1, 0.15) is 39.7 Å². The maximum absolute atomic E-state index is 13.3. The van der Waals surface area contributed by atoms with Gasteiger partial charge in [-0.15, -0.1) is 0 Å². The maximum Gasteiger partial charge on any atom is 0.326 e. The lowest BCUT2D eigenvalue weighted by atomic mass is 9.99. The highest BCUT2D eigenvalue weighted by Crippen LogP contribution is 2.19. The Morgan fingerprint density at radius 3 is 2.14 bits per heavy atom. The molecule has 1 aromatic carbocycles. The summed E-state index contributed by atoms with van der Waals surface area (Å²) in [6.07, 6.45) is 2.09. The number of aromatic amines is 1. The minimum absolute atomic E-state index is 0.0182. The number of hydrogen-bond donors (Lipinski definition) is 7. The number of benzene rings is 1. The Balaban J connectivity index is 2.33. The molecule has 198 valence electrons. The van der Waals surface area contributed by atoms with Crippen molar-refractivity contribution < 1.29 is 29.4 Å². The van der Waals surface area contributed by atoms with Crippen molar-refractivity contribution in [2.45, 2.75) is 64.7 Å². The number of aromatic nitrogens is 1. The van der Waals surface area contributed by atoms with Crippen molar-refractivity contribution in [3.63, 3.8) is 0 Å². The zero-order valence-electron chi connectivity index (χ0n) is 21.1. The van der Waals surface area contributed by atoms with Crippen LogP contribution in [-0.2, 0) is 25.6 Å². The molecule has 0 aliphatic carbocycles. The predicted octanol–water partition coefficient (Wildman–Crippen LogP) is 0.271. The number of aliphatic hydroxyl groups excluding tert-OH is 1. The summed E-state index contributed by atoms with van der Waals surface area (Å²) in [5.41, 5.74) is 7.19. The average Bonchev–Trinajstić information content (AvgIpc) is 3.22. The molecule has 4 unspecified atom stereocenters. The molecule has 0 aliphatic heterocycles. The number of para-hydroxylation sites is 1. The number of H-pyrrole nitrogens is 1. The molecule has 0 bridgehead atoms. The number of carboxylic acid groups (broad SMARTS) is 1. The van der Waals surface area contributed by atoms with E-state index >= 15 is 0 Å². The second-order valence-electron chi connectivity index (χ2n) is 9.67. The lowest BCUT2D eigenvalue weighted by molar-refractivity contribution is -0.143. The number of carbonyl (C=O) groups excluding carboxylic acids is 3. The normalized spacial score (nSPS) is 14.8. The van der Waals surface area contributed by atoms with E-state index in [-0.39, 0.29) is 24.7 Å². The van der Waals surface area contributed by atoms with Crippen LogP contribution in [0, 0.1) is 11.8 Å². The first-order chi connectivity index (χ1) is 16.9. The molecule has 0 saturated heterocycles. The Labute approximate surface area is 210 Å². The van der Waals surface area contributed by atoms with E-state index < -0.39 is 54.5 Å². The van der Waals surface area contributed by atoms with Gasteiger partial charge >= 0.3 is 5.97 Å². The van der Waals surface area contributed by atoms with E-state index in [1.165, 1.54) is 0 Å². The summed E-state index contributed by atoms with van der Waals surface area (Å²) in [5, 5.41) is 27.3. The number of aliphatic carboxylic acids is 1. The van der Waals surface area contributed by atoms with Crippen molar-refractivity contribution in [2.24, 2.45) is 17.6 Å². The minimum atomic E-state index is -1.19. The van der Waals surface area contributed by atoms with Crippen molar-refractivity contribution in [3.8, 4) is 0 Å². The van der Waals surface area contributed by atoms with Crippen molar-refractivity contribution in [3.05, 3.63) is 36.0 Å². The smallest absolute Gasteiger partial charge is 0.326 e. The highest BCUT2D eigenvalue weighted by Gasteiger charge is 2.32. The van der Waals surface area contributed by atoms with Gasteiger partial charge in [0.2, 0.25) is 17.7 Å². The van der Waals surface area contributed by atoms with Crippen LogP contribution in [0.5, 0.6) is 0 Å². The third-order valence-electron chi connectivity index (χ3n) is 5.84. The van der Waals surface area contributed by atoms with Gasteiger partial charge < -0.3 is 36.9 Å². The van der Waals surface area contributed by atoms with Gasteiger partial charge in [-0.3, -0.25) is 14.4 Å². The van der Waals surface area contributed by atoms with Crippen LogP contribution in [-0.4, -0.2) is 69.7 Å². The molecule has 2 rings (SSSR count). The first kappa shape index (κ1) is 28.8. The average molecular weight is 504 g/mol. The number of carboxylic acids is 1. The Morgan fingerprint density at radius 2 is 1.56 bits per heavy atom. The first-order valence-corrected chi connectivity index (χ1v) is 12.0. The SMILES string of the molecule is CC(C)CC(NC(=O)C(N)CO)C(=O)NC(Cc1c[nH]c2ccccc12)C(=O)NC(C(=O)O)C(C)C. The van der Waals surface area contributed by atoms with Crippen LogP contribution in [0.2, 0.25) is 0 Å². The summed E-state index contributed by atoms with van der Waals surface area (Å²) in [4.78, 5) is 53.6. The monoisotopic (exact) mass is 503 g/mol. The van der Waals surface area contributed by atoms with E-state index in [0.717, 1.165) is 16.5 Å². The number of carbonyl (C=O) groups is 4. The molecular formula is C25H37N5O6. The standard InChI is InChI=1S/C25H37N5O6/c1-13(2)9-19(28-22(32)17(26)12-31)23(33)29-20(24(34)30-21(14(3)4)25(35)36)10-15-11-27-18-8-6-5-7-16(15)18/h5-8,11,13-14,17,19-21,27,31H,9-10,12,26H2,1-4H3,(H,28,32)(H,29,33)(H,30,34)(H,35,36). The summed E-state index contributed by atoms with van der Waals surface area (Å²) in [6, 6.07) is 3.02. The number of aliphatic hydroxyl groups is 1. The van der Waals surface area contributed by atoms with E-state index in [0.29, 0.717) is 0 Å². The summed E-state index contributed by atoms with van der Waals surface area (Å²) in [5.74, 6) is -3.51. The Morgan fingerprint density at radius 1 is 0.944 bits per heavy atom. The van der Waals surface area contributed by atoms with E-state index in [4.69, 9.17) is 5.73 Å². The highest BCUT2D eigenvalue weighted by atomic mass is 16.4. The van der Waals surface area contributed by atoms with E-state index in [1.807, 2.05) is 38.1 Å². The Bertz CT molecular complexity index is 1070. The van der Waals surface area contributed by atoms with E-state index in [9.17, 15) is 29.4 Å². The van der Waals surface area contributed by atoms with Gasteiger partial charge in [-0.25, -0.2) is 4.79 Å². The molecule has 0 aliphatic rings. The molecule has 2 aromatic rings. The third kappa shape index (κ3) is 7.79. The van der Waals surface area contributed by atoms with E-state index in [1.54, 1.807) is 20.0 Å². The van der Waals surface area contributed by atoms with Crippen LogP contribution in [0.25, 0.3) is 10.9 Å². The van der Waals surface area contributed by atoms with Crippen molar-refractivity contribution in [1.82, 2.24) is 20.9 Å². The maximum atomic E-state index is 13.3. The van der Waals surface area contributed by atoms with E-state index in [2.05, 4.69) is 20.9 Å². The minimum Gasteiger partial charge on any atom is -0.480 e. The fraction of sp³-hybridized carbons (Fsp3) is 0.520. The molecule has 0 fully saturated rings. The van der Waals surface area contributed by atoms with Crippen LogP contribution >= 0.6 is 0 Å². The fourth-order valence-corrected chi connectivity index (χ4v) is 3.83. The van der Waals surface area contributed by atoms with Gasteiger partial charge in [0.05, 0.1) is 6.61 Å². The van der Waals surface area contributed by atoms with Crippen molar-refractivity contribution in [2.75, 3.05) is 6.61 Å². The summed E-state index contributed by atoms with van der Waals surface area (Å²) in [6.45, 7) is 6.50. The quantitative estimate of drug-likeness (QED) is 0.204. The van der Waals surface area contributed by atoms with Crippen LogP contribution in [0.4, 0.5) is 0 Å². The lowest BCUT2D eigenvalue weighted by Crippen LogP contribution is -2.58. The van der Waals surface area contributed by atoms with Gasteiger partial charge in [-0.1, -0.05) is 45.9 Å². The fourth-order valence-electron chi connectivity index (χ4n) is 3.83. The molecule has 1 aromatic heterocycles. The number of hydrogen-bond acceptors (Lipinski definition) is 6. The number of amides is 3.